The Morgan fingerprint density at radius 3 is 3.18 bits per heavy atom. The Kier molecular flexibility index (Phi) is 4.38. The molecule has 0 atom stereocenters. The normalized spacial score (nSPS) is 16.9. The minimum atomic E-state index is 0.182. The number of amides is 1. The molecule has 1 saturated heterocycles. The van der Waals surface area contributed by atoms with Gasteiger partial charge in [-0.15, -0.1) is 10.2 Å². The zero-order valence-electron chi connectivity index (χ0n) is 9.93. The molecule has 94 valence electrons. The van der Waals surface area contributed by atoms with Crippen molar-refractivity contribution in [2.24, 2.45) is 7.05 Å². The van der Waals surface area contributed by atoms with Crippen molar-refractivity contribution in [2.75, 3.05) is 31.9 Å². The van der Waals surface area contributed by atoms with E-state index in [4.69, 9.17) is 0 Å². The molecule has 7 heteroatoms. The van der Waals surface area contributed by atoms with E-state index in [1.54, 1.807) is 6.33 Å². The number of carbonyl (C=O) groups excluding carboxylic acids is 1. The maximum atomic E-state index is 12.0. The van der Waals surface area contributed by atoms with Crippen LogP contribution in [0.25, 0.3) is 0 Å². The Bertz CT molecular complexity index is 373. The lowest BCUT2D eigenvalue weighted by Gasteiger charge is -2.19. The highest BCUT2D eigenvalue weighted by atomic mass is 32.2. The van der Waals surface area contributed by atoms with Gasteiger partial charge in [0.2, 0.25) is 5.91 Å². The highest BCUT2D eigenvalue weighted by Crippen LogP contribution is 2.14. The Balaban J connectivity index is 1.82. The van der Waals surface area contributed by atoms with E-state index in [0.29, 0.717) is 5.75 Å². The Morgan fingerprint density at radius 1 is 1.53 bits per heavy atom. The molecule has 1 fully saturated rings. The van der Waals surface area contributed by atoms with Crippen LogP contribution in [0.1, 0.15) is 6.42 Å². The van der Waals surface area contributed by atoms with Crippen LogP contribution in [-0.2, 0) is 11.8 Å². The molecular formula is C10H17N5OS. The Morgan fingerprint density at radius 2 is 2.41 bits per heavy atom. The minimum absolute atomic E-state index is 0.182. The smallest absolute Gasteiger partial charge is 0.233 e. The molecule has 2 rings (SSSR count). The van der Waals surface area contributed by atoms with Crippen LogP contribution in [0.4, 0.5) is 0 Å². The molecule has 0 aliphatic carbocycles. The van der Waals surface area contributed by atoms with Gasteiger partial charge in [-0.05, 0) is 13.0 Å². The first-order valence-electron chi connectivity index (χ1n) is 5.72. The van der Waals surface area contributed by atoms with Gasteiger partial charge in [-0.2, -0.15) is 0 Å². The molecular weight excluding hydrogens is 238 g/mol. The summed E-state index contributed by atoms with van der Waals surface area (Å²) in [6.45, 7) is 3.55. The molecule has 0 radical (unpaired) electrons. The van der Waals surface area contributed by atoms with E-state index in [9.17, 15) is 4.79 Å². The molecule has 1 N–H and O–H groups in total. The summed E-state index contributed by atoms with van der Waals surface area (Å²) in [5.41, 5.74) is 0. The molecule has 2 heterocycles. The summed E-state index contributed by atoms with van der Waals surface area (Å²) in [4.78, 5) is 13.9. The van der Waals surface area contributed by atoms with Crippen LogP contribution in [0.2, 0.25) is 0 Å². The predicted octanol–water partition coefficient (Wildman–Crippen LogP) is -0.271. The SMILES string of the molecule is Cn1cnnc1SCC(=O)N1CCCNCC1. The molecule has 1 aromatic heterocycles. The van der Waals surface area contributed by atoms with E-state index in [2.05, 4.69) is 15.5 Å². The summed E-state index contributed by atoms with van der Waals surface area (Å²) in [7, 11) is 1.88. The van der Waals surface area contributed by atoms with Gasteiger partial charge in [0.05, 0.1) is 5.75 Å². The van der Waals surface area contributed by atoms with Crippen LogP contribution in [0.3, 0.4) is 0 Å². The van der Waals surface area contributed by atoms with E-state index in [1.807, 2.05) is 16.5 Å². The van der Waals surface area contributed by atoms with E-state index in [-0.39, 0.29) is 5.91 Å². The number of nitrogens with one attached hydrogen (secondary N) is 1. The molecule has 0 saturated carbocycles. The predicted molar refractivity (Wildman–Crippen MR) is 65.8 cm³/mol. The van der Waals surface area contributed by atoms with Crippen LogP contribution in [-0.4, -0.2) is 57.5 Å². The van der Waals surface area contributed by atoms with Crippen molar-refractivity contribution in [3.8, 4) is 0 Å². The van der Waals surface area contributed by atoms with Crippen molar-refractivity contribution in [3.63, 3.8) is 0 Å². The fraction of sp³-hybridized carbons (Fsp3) is 0.700. The number of aryl methyl sites for hydroxylation is 1. The summed E-state index contributed by atoms with van der Waals surface area (Å²) < 4.78 is 1.82. The first kappa shape index (κ1) is 12.4. The first-order valence-corrected chi connectivity index (χ1v) is 6.71. The van der Waals surface area contributed by atoms with Gasteiger partial charge in [-0.3, -0.25) is 4.79 Å². The maximum Gasteiger partial charge on any atom is 0.233 e. The lowest BCUT2D eigenvalue weighted by atomic mass is 10.4. The lowest BCUT2D eigenvalue weighted by molar-refractivity contribution is -0.128. The second-order valence-electron chi connectivity index (χ2n) is 4.00. The number of hydrogen-bond acceptors (Lipinski definition) is 5. The molecule has 17 heavy (non-hydrogen) atoms. The van der Waals surface area contributed by atoms with E-state index >= 15 is 0 Å². The summed E-state index contributed by atoms with van der Waals surface area (Å²) >= 11 is 1.44. The van der Waals surface area contributed by atoms with Crippen molar-refractivity contribution in [2.45, 2.75) is 11.6 Å². The highest BCUT2D eigenvalue weighted by Gasteiger charge is 2.16. The molecule has 6 nitrogen and oxygen atoms in total. The molecule has 1 aliphatic heterocycles. The van der Waals surface area contributed by atoms with Gasteiger partial charge >= 0.3 is 0 Å². The van der Waals surface area contributed by atoms with Crippen LogP contribution in [0.5, 0.6) is 0 Å². The molecule has 0 spiro atoms. The maximum absolute atomic E-state index is 12.0. The number of hydrogen-bond donors (Lipinski definition) is 1. The second kappa shape index (κ2) is 6.02. The molecule has 0 bridgehead atoms. The third-order valence-electron chi connectivity index (χ3n) is 2.69. The number of thioether (sulfide) groups is 1. The topological polar surface area (TPSA) is 63.1 Å². The first-order chi connectivity index (χ1) is 8.27. The highest BCUT2D eigenvalue weighted by molar-refractivity contribution is 7.99. The molecule has 1 aromatic rings. The van der Waals surface area contributed by atoms with E-state index in [1.165, 1.54) is 11.8 Å². The van der Waals surface area contributed by atoms with Crippen LogP contribution in [0, 0.1) is 0 Å². The van der Waals surface area contributed by atoms with Crippen molar-refractivity contribution in [1.29, 1.82) is 0 Å². The number of nitrogens with zero attached hydrogens (tertiary/aromatic N) is 4. The Hall–Kier alpha value is -1.08. The standard InChI is InChI=1S/C10H17N5OS/c1-14-8-12-13-10(14)17-7-9(16)15-5-2-3-11-4-6-15/h8,11H,2-7H2,1H3. The van der Waals surface area contributed by atoms with Crippen LogP contribution >= 0.6 is 11.8 Å². The molecule has 1 amide bonds. The monoisotopic (exact) mass is 255 g/mol. The van der Waals surface area contributed by atoms with Gasteiger partial charge in [0.25, 0.3) is 0 Å². The average molecular weight is 255 g/mol. The fourth-order valence-corrected chi connectivity index (χ4v) is 2.51. The van der Waals surface area contributed by atoms with Crippen molar-refractivity contribution < 1.29 is 4.79 Å². The second-order valence-corrected chi connectivity index (χ2v) is 4.94. The minimum Gasteiger partial charge on any atom is -0.341 e. The molecule has 1 aliphatic rings. The van der Waals surface area contributed by atoms with Gasteiger partial charge in [0, 0.05) is 26.7 Å². The largest absolute Gasteiger partial charge is 0.341 e. The molecule has 0 aromatic carbocycles. The molecule has 0 unspecified atom stereocenters. The number of carbonyl (C=O) groups is 1. The van der Waals surface area contributed by atoms with Gasteiger partial charge in [-0.25, -0.2) is 0 Å². The van der Waals surface area contributed by atoms with Gasteiger partial charge in [0.1, 0.15) is 6.33 Å². The van der Waals surface area contributed by atoms with Crippen molar-refractivity contribution >= 4 is 17.7 Å². The third-order valence-corrected chi connectivity index (χ3v) is 3.71. The van der Waals surface area contributed by atoms with Crippen molar-refractivity contribution in [1.82, 2.24) is 25.0 Å². The van der Waals surface area contributed by atoms with E-state index < -0.39 is 0 Å². The number of aromatic nitrogens is 3. The number of rotatable bonds is 3. The fourth-order valence-electron chi connectivity index (χ4n) is 1.72. The zero-order chi connectivity index (χ0) is 12.1. The summed E-state index contributed by atoms with van der Waals surface area (Å²) in [5.74, 6) is 0.619. The summed E-state index contributed by atoms with van der Waals surface area (Å²) in [6, 6.07) is 0. The summed E-state index contributed by atoms with van der Waals surface area (Å²) in [6.07, 6.45) is 2.67. The van der Waals surface area contributed by atoms with Gasteiger partial charge < -0.3 is 14.8 Å². The Labute approximate surface area is 105 Å². The quantitative estimate of drug-likeness (QED) is 0.753. The zero-order valence-corrected chi connectivity index (χ0v) is 10.7. The summed E-state index contributed by atoms with van der Waals surface area (Å²) in [5, 5.41) is 11.8. The van der Waals surface area contributed by atoms with Crippen LogP contribution in [0.15, 0.2) is 11.5 Å². The van der Waals surface area contributed by atoms with Crippen LogP contribution < -0.4 is 5.32 Å². The van der Waals surface area contributed by atoms with Gasteiger partial charge in [0.15, 0.2) is 5.16 Å². The van der Waals surface area contributed by atoms with Gasteiger partial charge in [-0.1, -0.05) is 11.8 Å². The third kappa shape index (κ3) is 3.44. The lowest BCUT2D eigenvalue weighted by Crippen LogP contribution is -2.35. The average Bonchev–Trinajstić information content (AvgIpc) is 2.58. The van der Waals surface area contributed by atoms with Crippen molar-refractivity contribution in [3.05, 3.63) is 6.33 Å². The van der Waals surface area contributed by atoms with E-state index in [0.717, 1.165) is 37.8 Å².